The predicted molar refractivity (Wildman–Crippen MR) is 111 cm³/mol. The van der Waals surface area contributed by atoms with Crippen LogP contribution in [0.5, 0.6) is 0 Å². The number of nitrogens with zero attached hydrogens (tertiary/aromatic N) is 4. The number of aliphatic hydroxyl groups is 1. The van der Waals surface area contributed by atoms with Crippen molar-refractivity contribution in [2.45, 2.75) is 25.9 Å². The second kappa shape index (κ2) is 8.32. The first-order valence-corrected chi connectivity index (χ1v) is 9.77. The first-order valence-electron chi connectivity index (χ1n) is 9.77. The minimum absolute atomic E-state index is 0.109. The van der Waals surface area contributed by atoms with Crippen molar-refractivity contribution in [3.05, 3.63) is 89.8 Å². The number of hydrogen-bond acceptors (Lipinski definition) is 5. The minimum atomic E-state index is -0.669. The van der Waals surface area contributed by atoms with Gasteiger partial charge < -0.3 is 14.6 Å². The molecule has 30 heavy (non-hydrogen) atoms. The monoisotopic (exact) mass is 402 g/mol. The van der Waals surface area contributed by atoms with Gasteiger partial charge in [0.25, 0.3) is 11.7 Å². The number of amides is 1. The van der Waals surface area contributed by atoms with Gasteiger partial charge in [0, 0.05) is 43.4 Å². The summed E-state index contributed by atoms with van der Waals surface area (Å²) in [4.78, 5) is 35.4. The fourth-order valence-corrected chi connectivity index (χ4v) is 3.71. The van der Waals surface area contributed by atoms with E-state index in [2.05, 4.69) is 9.97 Å². The smallest absolute Gasteiger partial charge is 0.295 e. The third-order valence-corrected chi connectivity index (χ3v) is 5.26. The van der Waals surface area contributed by atoms with E-state index in [1.165, 1.54) is 12.4 Å². The molecule has 1 aliphatic heterocycles. The molecule has 1 saturated heterocycles. The summed E-state index contributed by atoms with van der Waals surface area (Å²) in [5.41, 5.74) is 2.43. The molecule has 0 bridgehead atoms. The van der Waals surface area contributed by atoms with E-state index in [0.717, 1.165) is 11.1 Å². The number of carbonyl (C=O) groups excluding carboxylic acids is 2. The molecule has 0 radical (unpaired) electrons. The maximum atomic E-state index is 12.9. The van der Waals surface area contributed by atoms with E-state index in [1.54, 1.807) is 29.6 Å². The van der Waals surface area contributed by atoms with Crippen LogP contribution in [0.2, 0.25) is 0 Å². The van der Waals surface area contributed by atoms with Crippen LogP contribution in [-0.4, -0.2) is 42.8 Å². The first-order chi connectivity index (χ1) is 14.6. The number of carbonyl (C=O) groups is 2. The van der Waals surface area contributed by atoms with Crippen LogP contribution >= 0.6 is 0 Å². The summed E-state index contributed by atoms with van der Waals surface area (Å²) >= 11 is 0. The Morgan fingerprint density at radius 2 is 1.73 bits per heavy atom. The Kier molecular flexibility index (Phi) is 5.43. The average Bonchev–Trinajstić information content (AvgIpc) is 3.37. The van der Waals surface area contributed by atoms with Crippen LogP contribution in [-0.2, 0) is 16.1 Å². The lowest BCUT2D eigenvalue weighted by Crippen LogP contribution is -2.31. The lowest BCUT2D eigenvalue weighted by molar-refractivity contribution is -0.139. The van der Waals surface area contributed by atoms with Crippen molar-refractivity contribution < 1.29 is 14.7 Å². The fraction of sp³-hybridized carbons (Fsp3) is 0.217. The molecule has 7 nitrogen and oxygen atoms in total. The number of Topliss-reactive ketones (excluding diaryl/α,β-unsaturated/α-hetero) is 1. The summed E-state index contributed by atoms with van der Waals surface area (Å²) in [6, 6.07) is 10.3. The minimum Gasteiger partial charge on any atom is -0.507 e. The molecule has 1 atom stereocenters. The van der Waals surface area contributed by atoms with Crippen molar-refractivity contribution in [1.29, 1.82) is 0 Å². The van der Waals surface area contributed by atoms with Crippen LogP contribution in [0.25, 0.3) is 5.76 Å². The highest BCUT2D eigenvalue weighted by molar-refractivity contribution is 6.46. The molecule has 7 heteroatoms. The zero-order chi connectivity index (χ0) is 21.1. The van der Waals surface area contributed by atoms with Crippen molar-refractivity contribution in [2.75, 3.05) is 6.54 Å². The third kappa shape index (κ3) is 3.74. The van der Waals surface area contributed by atoms with Crippen LogP contribution < -0.4 is 0 Å². The molecule has 1 N–H and O–H groups in total. The highest BCUT2D eigenvalue weighted by Crippen LogP contribution is 2.39. The number of aryl methyl sites for hydroxylation is 2. The van der Waals surface area contributed by atoms with Gasteiger partial charge in [-0.25, -0.2) is 4.98 Å². The SMILES string of the molecule is Cc1ccc(C2/C(=C(\O)c3ccncc3)C(=O)C(=O)N2CCCn2ccnc2)cc1. The topological polar surface area (TPSA) is 88.3 Å². The van der Waals surface area contributed by atoms with Gasteiger partial charge in [0.15, 0.2) is 0 Å². The molecule has 0 saturated carbocycles. The lowest BCUT2D eigenvalue weighted by atomic mass is 9.95. The largest absolute Gasteiger partial charge is 0.507 e. The van der Waals surface area contributed by atoms with Gasteiger partial charge in [-0.1, -0.05) is 29.8 Å². The number of likely N-dealkylation sites (tertiary alicyclic amines) is 1. The molecule has 1 fully saturated rings. The van der Waals surface area contributed by atoms with Crippen LogP contribution in [0.4, 0.5) is 0 Å². The summed E-state index contributed by atoms with van der Waals surface area (Å²) in [6.07, 6.45) is 9.01. The number of imidazole rings is 1. The molecule has 2 aromatic heterocycles. The number of aliphatic hydroxyl groups excluding tert-OH is 1. The van der Waals surface area contributed by atoms with Gasteiger partial charge in [-0.15, -0.1) is 0 Å². The molecule has 1 aromatic carbocycles. The molecule has 1 unspecified atom stereocenters. The van der Waals surface area contributed by atoms with Gasteiger partial charge in [-0.2, -0.15) is 0 Å². The summed E-state index contributed by atoms with van der Waals surface area (Å²) < 4.78 is 1.93. The molecule has 1 aliphatic rings. The molecule has 0 aliphatic carbocycles. The Morgan fingerprint density at radius 1 is 1.00 bits per heavy atom. The summed E-state index contributed by atoms with van der Waals surface area (Å²) in [6.45, 7) is 3.03. The molecule has 4 rings (SSSR count). The quantitative estimate of drug-likeness (QED) is 0.389. The predicted octanol–water partition coefficient (Wildman–Crippen LogP) is 3.10. The van der Waals surface area contributed by atoms with E-state index in [0.29, 0.717) is 25.1 Å². The summed E-state index contributed by atoms with van der Waals surface area (Å²) in [5, 5.41) is 10.9. The van der Waals surface area contributed by atoms with Gasteiger partial charge in [0.2, 0.25) is 0 Å². The molecule has 0 spiro atoms. The molecule has 1 amide bonds. The van der Waals surface area contributed by atoms with Crippen molar-refractivity contribution in [1.82, 2.24) is 19.4 Å². The van der Waals surface area contributed by atoms with Gasteiger partial charge in [0.1, 0.15) is 5.76 Å². The van der Waals surface area contributed by atoms with E-state index < -0.39 is 17.7 Å². The Balaban J connectivity index is 1.72. The second-order valence-corrected chi connectivity index (χ2v) is 7.29. The maximum absolute atomic E-state index is 12.9. The van der Waals surface area contributed by atoms with Gasteiger partial charge in [0.05, 0.1) is 17.9 Å². The standard InChI is InChI=1S/C23H22N4O3/c1-16-3-5-17(6-4-16)20-19(21(28)18-7-9-24-10-8-18)22(29)23(30)27(20)13-2-12-26-14-11-25-15-26/h3-11,14-15,20,28H,2,12-13H2,1H3/b21-19+. The summed E-state index contributed by atoms with van der Waals surface area (Å²) in [5.74, 6) is -1.45. The molecule has 3 heterocycles. The molecule has 152 valence electrons. The number of hydrogen-bond donors (Lipinski definition) is 1. The normalized spacial score (nSPS) is 18.2. The van der Waals surface area contributed by atoms with E-state index in [9.17, 15) is 14.7 Å². The van der Waals surface area contributed by atoms with Crippen LogP contribution in [0.15, 0.2) is 73.1 Å². The third-order valence-electron chi connectivity index (χ3n) is 5.26. The van der Waals surface area contributed by atoms with E-state index >= 15 is 0 Å². The number of rotatable bonds is 6. The number of ketones is 1. The molecule has 3 aromatic rings. The number of benzene rings is 1. The lowest BCUT2D eigenvalue weighted by Gasteiger charge is -2.25. The maximum Gasteiger partial charge on any atom is 0.295 e. The zero-order valence-corrected chi connectivity index (χ0v) is 16.6. The number of aromatic nitrogens is 3. The molecular formula is C23H22N4O3. The average molecular weight is 402 g/mol. The Bertz CT molecular complexity index is 1070. The Hall–Kier alpha value is -3.74. The zero-order valence-electron chi connectivity index (χ0n) is 16.6. The van der Waals surface area contributed by atoms with Crippen LogP contribution in [0.3, 0.4) is 0 Å². The van der Waals surface area contributed by atoms with Gasteiger partial charge in [-0.3, -0.25) is 14.6 Å². The van der Waals surface area contributed by atoms with Crippen LogP contribution in [0, 0.1) is 6.92 Å². The highest BCUT2D eigenvalue weighted by Gasteiger charge is 2.45. The Labute approximate surface area is 174 Å². The van der Waals surface area contributed by atoms with Crippen molar-refractivity contribution in [3.63, 3.8) is 0 Å². The van der Waals surface area contributed by atoms with Crippen molar-refractivity contribution in [2.24, 2.45) is 0 Å². The van der Waals surface area contributed by atoms with Crippen molar-refractivity contribution in [3.8, 4) is 0 Å². The first kappa shape index (κ1) is 19.6. The fourth-order valence-electron chi connectivity index (χ4n) is 3.71. The van der Waals surface area contributed by atoms with Gasteiger partial charge >= 0.3 is 0 Å². The highest BCUT2D eigenvalue weighted by atomic mass is 16.3. The summed E-state index contributed by atoms with van der Waals surface area (Å²) in [7, 11) is 0. The van der Waals surface area contributed by atoms with E-state index in [1.807, 2.05) is 42.0 Å². The van der Waals surface area contributed by atoms with E-state index in [-0.39, 0.29) is 11.3 Å². The van der Waals surface area contributed by atoms with Crippen molar-refractivity contribution >= 4 is 17.4 Å². The number of pyridine rings is 1. The van der Waals surface area contributed by atoms with E-state index in [4.69, 9.17) is 0 Å². The van der Waals surface area contributed by atoms with Gasteiger partial charge in [-0.05, 0) is 31.0 Å². The van der Waals surface area contributed by atoms with Crippen LogP contribution in [0.1, 0.15) is 29.2 Å². The second-order valence-electron chi connectivity index (χ2n) is 7.29. The Morgan fingerprint density at radius 3 is 2.40 bits per heavy atom. The molecular weight excluding hydrogens is 380 g/mol.